The van der Waals surface area contributed by atoms with Crippen molar-refractivity contribution in [2.24, 2.45) is 5.73 Å². The van der Waals surface area contributed by atoms with E-state index in [0.717, 1.165) is 4.57 Å². The molecule has 0 aliphatic carbocycles. The van der Waals surface area contributed by atoms with E-state index in [1.54, 1.807) is 13.8 Å². The standard InChI is InChI=1S/C14H24N4O6/c1-7-4-18(13(20)17-11(7)16)12-10(23-8(2)22-3)14(21,6-15)9(5-19)24-12/h4,8-10,12,19,21H,5-6,15H2,1-3H3,(H2,16,17,20)/t8?,9-,10+,12-,14-/m1/s1. The Hall–Kier alpha value is -1.56. The number of nitrogens with zero attached hydrogens (tertiary/aromatic N) is 2. The zero-order valence-electron chi connectivity index (χ0n) is 13.9. The molecule has 1 aliphatic heterocycles. The molecule has 24 heavy (non-hydrogen) atoms. The molecule has 5 atom stereocenters. The Morgan fingerprint density at radius 1 is 1.58 bits per heavy atom. The molecule has 1 aliphatic rings. The van der Waals surface area contributed by atoms with Crippen molar-refractivity contribution in [3.8, 4) is 0 Å². The van der Waals surface area contributed by atoms with Gasteiger partial charge in [-0.05, 0) is 13.8 Å². The number of hydrogen-bond donors (Lipinski definition) is 4. The highest BCUT2D eigenvalue weighted by Gasteiger charge is 2.57. The van der Waals surface area contributed by atoms with Crippen molar-refractivity contribution in [3.05, 3.63) is 22.2 Å². The summed E-state index contributed by atoms with van der Waals surface area (Å²) in [5.74, 6) is 0.102. The molecular weight excluding hydrogens is 320 g/mol. The molecule has 1 saturated heterocycles. The molecule has 2 heterocycles. The lowest BCUT2D eigenvalue weighted by atomic mass is 9.92. The van der Waals surface area contributed by atoms with Crippen LogP contribution in [0.15, 0.2) is 11.0 Å². The van der Waals surface area contributed by atoms with Crippen LogP contribution in [0.25, 0.3) is 0 Å². The molecule has 0 bridgehead atoms. The molecule has 1 fully saturated rings. The first kappa shape index (κ1) is 18.8. The number of hydrogen-bond acceptors (Lipinski definition) is 9. The lowest BCUT2D eigenvalue weighted by Gasteiger charge is -2.33. The first-order valence-electron chi connectivity index (χ1n) is 7.50. The molecule has 0 saturated carbocycles. The van der Waals surface area contributed by atoms with Gasteiger partial charge in [0.1, 0.15) is 23.6 Å². The zero-order chi connectivity index (χ0) is 18.1. The van der Waals surface area contributed by atoms with Crippen molar-refractivity contribution in [3.63, 3.8) is 0 Å². The predicted molar refractivity (Wildman–Crippen MR) is 84.0 cm³/mol. The minimum Gasteiger partial charge on any atom is -0.394 e. The Bertz CT molecular complexity index is 638. The van der Waals surface area contributed by atoms with Crippen molar-refractivity contribution in [1.29, 1.82) is 0 Å². The van der Waals surface area contributed by atoms with E-state index in [2.05, 4.69) is 4.98 Å². The Kier molecular flexibility index (Phi) is 5.58. The Morgan fingerprint density at radius 2 is 2.25 bits per heavy atom. The summed E-state index contributed by atoms with van der Waals surface area (Å²) in [7, 11) is 1.43. The first-order chi connectivity index (χ1) is 11.3. The van der Waals surface area contributed by atoms with Gasteiger partial charge in [0.15, 0.2) is 12.5 Å². The lowest BCUT2D eigenvalue weighted by molar-refractivity contribution is -0.201. The lowest BCUT2D eigenvalue weighted by Crippen LogP contribution is -2.56. The second kappa shape index (κ2) is 7.13. The number of aliphatic hydroxyl groups is 2. The van der Waals surface area contributed by atoms with Gasteiger partial charge in [-0.25, -0.2) is 4.79 Å². The third kappa shape index (κ3) is 3.16. The van der Waals surface area contributed by atoms with Crippen LogP contribution in [0.4, 0.5) is 5.82 Å². The highest BCUT2D eigenvalue weighted by atomic mass is 16.7. The fraction of sp³-hybridized carbons (Fsp3) is 0.714. The smallest absolute Gasteiger partial charge is 0.351 e. The normalized spacial score (nSPS) is 31.3. The maximum atomic E-state index is 12.2. The van der Waals surface area contributed by atoms with Crippen LogP contribution in [-0.2, 0) is 14.2 Å². The molecule has 1 aromatic heterocycles. The predicted octanol–water partition coefficient (Wildman–Crippen LogP) is -1.91. The van der Waals surface area contributed by atoms with Crippen LogP contribution in [0, 0.1) is 6.92 Å². The summed E-state index contributed by atoms with van der Waals surface area (Å²) in [4.78, 5) is 15.9. The van der Waals surface area contributed by atoms with E-state index < -0.39 is 42.6 Å². The third-order valence-electron chi connectivity index (χ3n) is 4.22. The van der Waals surface area contributed by atoms with Crippen molar-refractivity contribution in [2.75, 3.05) is 26.0 Å². The number of aromatic nitrogens is 2. The molecule has 136 valence electrons. The zero-order valence-corrected chi connectivity index (χ0v) is 13.9. The maximum Gasteiger partial charge on any atom is 0.351 e. The van der Waals surface area contributed by atoms with Crippen molar-refractivity contribution >= 4 is 5.82 Å². The summed E-state index contributed by atoms with van der Waals surface area (Å²) in [6, 6.07) is 0. The van der Waals surface area contributed by atoms with Gasteiger partial charge in [-0.3, -0.25) is 4.57 Å². The van der Waals surface area contributed by atoms with E-state index in [4.69, 9.17) is 25.7 Å². The minimum absolute atomic E-state index is 0.102. The van der Waals surface area contributed by atoms with Crippen LogP contribution in [0.1, 0.15) is 18.7 Å². The maximum absolute atomic E-state index is 12.2. The number of nitrogen functional groups attached to an aromatic ring is 1. The van der Waals surface area contributed by atoms with E-state index in [0.29, 0.717) is 5.56 Å². The average Bonchev–Trinajstić information content (AvgIpc) is 2.83. The van der Waals surface area contributed by atoms with E-state index in [9.17, 15) is 15.0 Å². The summed E-state index contributed by atoms with van der Waals surface area (Å²) in [5.41, 5.74) is 9.50. The Balaban J connectivity index is 2.50. The molecule has 1 aromatic rings. The van der Waals surface area contributed by atoms with E-state index >= 15 is 0 Å². The van der Waals surface area contributed by atoms with Gasteiger partial charge in [0.05, 0.1) is 6.61 Å². The van der Waals surface area contributed by atoms with Crippen molar-refractivity contribution in [2.45, 2.75) is 44.2 Å². The number of aliphatic hydroxyl groups excluding tert-OH is 1. The van der Waals surface area contributed by atoms with Crippen molar-refractivity contribution < 1.29 is 24.4 Å². The van der Waals surface area contributed by atoms with Gasteiger partial charge in [-0.2, -0.15) is 4.98 Å². The fourth-order valence-corrected chi connectivity index (χ4v) is 2.66. The van der Waals surface area contributed by atoms with E-state index in [1.165, 1.54) is 13.3 Å². The van der Waals surface area contributed by atoms with Crippen LogP contribution < -0.4 is 17.2 Å². The van der Waals surface area contributed by atoms with E-state index in [1.807, 2.05) is 0 Å². The number of anilines is 1. The number of nitrogens with two attached hydrogens (primary N) is 2. The molecule has 10 nitrogen and oxygen atoms in total. The topological polar surface area (TPSA) is 155 Å². The van der Waals surface area contributed by atoms with Crippen LogP contribution in [0.5, 0.6) is 0 Å². The summed E-state index contributed by atoms with van der Waals surface area (Å²) in [5, 5.41) is 20.4. The van der Waals surface area contributed by atoms with Gasteiger partial charge in [-0.1, -0.05) is 0 Å². The Morgan fingerprint density at radius 3 is 2.79 bits per heavy atom. The molecular formula is C14H24N4O6. The molecule has 0 aromatic carbocycles. The second-order valence-corrected chi connectivity index (χ2v) is 5.75. The van der Waals surface area contributed by atoms with Crippen LogP contribution in [-0.4, -0.2) is 64.1 Å². The SMILES string of the molecule is COC(C)O[C@H]1[C@H](n2cc(C)c(N)nc2=O)O[C@H](CO)[C@]1(O)CN. The highest BCUT2D eigenvalue weighted by Crippen LogP contribution is 2.39. The molecule has 6 N–H and O–H groups in total. The van der Waals surface area contributed by atoms with Crippen LogP contribution >= 0.6 is 0 Å². The monoisotopic (exact) mass is 344 g/mol. The average molecular weight is 344 g/mol. The van der Waals surface area contributed by atoms with Gasteiger partial charge >= 0.3 is 5.69 Å². The molecule has 0 amide bonds. The second-order valence-electron chi connectivity index (χ2n) is 5.75. The molecule has 0 radical (unpaired) electrons. The van der Waals surface area contributed by atoms with Gasteiger partial charge in [0.25, 0.3) is 0 Å². The van der Waals surface area contributed by atoms with Gasteiger partial charge in [0, 0.05) is 25.4 Å². The van der Waals surface area contributed by atoms with Crippen molar-refractivity contribution in [1.82, 2.24) is 9.55 Å². The fourth-order valence-electron chi connectivity index (χ4n) is 2.66. The molecule has 2 rings (SSSR count). The number of aryl methyl sites for hydroxylation is 1. The summed E-state index contributed by atoms with van der Waals surface area (Å²) < 4.78 is 17.6. The Labute approximate surface area is 138 Å². The summed E-state index contributed by atoms with van der Waals surface area (Å²) >= 11 is 0. The molecule has 1 unspecified atom stereocenters. The minimum atomic E-state index is -1.71. The molecule has 0 spiro atoms. The third-order valence-corrected chi connectivity index (χ3v) is 4.22. The van der Waals surface area contributed by atoms with Gasteiger partial charge in [0.2, 0.25) is 0 Å². The summed E-state index contributed by atoms with van der Waals surface area (Å²) in [6.07, 6.45) is -2.38. The quantitative estimate of drug-likeness (QED) is 0.433. The van der Waals surface area contributed by atoms with Gasteiger partial charge < -0.3 is 35.9 Å². The van der Waals surface area contributed by atoms with Crippen LogP contribution in [0.3, 0.4) is 0 Å². The number of methoxy groups -OCH3 is 1. The molecule has 10 heteroatoms. The summed E-state index contributed by atoms with van der Waals surface area (Å²) in [6.45, 7) is 2.56. The number of rotatable bonds is 6. The number of ether oxygens (including phenoxy) is 3. The van der Waals surface area contributed by atoms with Crippen LogP contribution in [0.2, 0.25) is 0 Å². The largest absolute Gasteiger partial charge is 0.394 e. The highest BCUT2D eigenvalue weighted by molar-refractivity contribution is 5.35. The van der Waals surface area contributed by atoms with E-state index in [-0.39, 0.29) is 12.4 Å². The van der Waals surface area contributed by atoms with Gasteiger partial charge in [-0.15, -0.1) is 0 Å². The first-order valence-corrected chi connectivity index (χ1v) is 7.50.